The Morgan fingerprint density at radius 2 is 1.09 bits per heavy atom. The lowest BCUT2D eigenvalue weighted by Crippen LogP contribution is -2.16. The van der Waals surface area contributed by atoms with E-state index in [2.05, 4.69) is 0 Å². The summed E-state index contributed by atoms with van der Waals surface area (Å²) in [6, 6.07) is 19.7. The summed E-state index contributed by atoms with van der Waals surface area (Å²) in [5.41, 5.74) is 3.52. The number of rotatable bonds is 4. The Morgan fingerprint density at radius 1 is 0.696 bits per heavy atom. The van der Waals surface area contributed by atoms with Crippen LogP contribution in [0.15, 0.2) is 69.9 Å². The fourth-order valence-corrected chi connectivity index (χ4v) is 2.90. The molecular weight excluding hydrogens is 284 g/mol. The molecule has 0 atom stereocenters. The van der Waals surface area contributed by atoms with Gasteiger partial charge >= 0.3 is 0 Å². The van der Waals surface area contributed by atoms with E-state index in [1.165, 1.54) is 0 Å². The molecule has 0 amide bonds. The normalized spacial score (nSPS) is 10.7. The van der Waals surface area contributed by atoms with Crippen molar-refractivity contribution in [1.82, 2.24) is 0 Å². The maximum atomic E-state index is 13.0. The van der Waals surface area contributed by atoms with Crippen LogP contribution in [0.1, 0.15) is 25.0 Å². The molecule has 23 heavy (non-hydrogen) atoms. The van der Waals surface area contributed by atoms with Gasteiger partial charge in [0.05, 0.1) is 0 Å². The minimum absolute atomic E-state index is 0.110. The van der Waals surface area contributed by atoms with Crippen LogP contribution in [0, 0.1) is 0 Å². The Labute approximate surface area is 136 Å². The van der Waals surface area contributed by atoms with Crippen molar-refractivity contribution in [2.75, 3.05) is 0 Å². The van der Waals surface area contributed by atoms with Gasteiger partial charge in [0, 0.05) is 22.3 Å². The first-order chi connectivity index (χ1) is 11.3. The second kappa shape index (κ2) is 6.66. The molecule has 1 aromatic heterocycles. The molecule has 3 aromatic rings. The minimum Gasteiger partial charge on any atom is -0.455 e. The molecule has 2 heteroatoms. The monoisotopic (exact) mass is 304 g/mol. The van der Waals surface area contributed by atoms with Gasteiger partial charge in [0.15, 0.2) is 5.43 Å². The molecule has 0 aliphatic rings. The van der Waals surface area contributed by atoms with Gasteiger partial charge in [-0.05, 0) is 12.8 Å². The van der Waals surface area contributed by atoms with E-state index in [1.807, 2.05) is 74.5 Å². The van der Waals surface area contributed by atoms with E-state index >= 15 is 0 Å². The van der Waals surface area contributed by atoms with Gasteiger partial charge in [-0.3, -0.25) is 4.79 Å². The maximum absolute atomic E-state index is 13.0. The summed E-state index contributed by atoms with van der Waals surface area (Å²) in [7, 11) is 0. The van der Waals surface area contributed by atoms with Crippen LogP contribution < -0.4 is 5.43 Å². The van der Waals surface area contributed by atoms with Gasteiger partial charge in [0.25, 0.3) is 0 Å². The lowest BCUT2D eigenvalue weighted by atomic mass is 9.98. The third-order valence-electron chi connectivity index (χ3n) is 4.08. The van der Waals surface area contributed by atoms with Crippen molar-refractivity contribution < 1.29 is 4.42 Å². The summed E-state index contributed by atoms with van der Waals surface area (Å²) < 4.78 is 6.27. The summed E-state index contributed by atoms with van der Waals surface area (Å²) in [6.07, 6.45) is 1.32. The van der Waals surface area contributed by atoms with Gasteiger partial charge in [0.1, 0.15) is 11.5 Å². The highest BCUT2D eigenvalue weighted by molar-refractivity contribution is 5.68. The van der Waals surface area contributed by atoms with Crippen LogP contribution in [0.5, 0.6) is 0 Å². The second-order valence-corrected chi connectivity index (χ2v) is 5.49. The van der Waals surface area contributed by atoms with Gasteiger partial charge in [-0.2, -0.15) is 0 Å². The van der Waals surface area contributed by atoms with Crippen molar-refractivity contribution in [3.8, 4) is 22.6 Å². The van der Waals surface area contributed by atoms with Gasteiger partial charge < -0.3 is 4.42 Å². The second-order valence-electron chi connectivity index (χ2n) is 5.49. The van der Waals surface area contributed by atoms with E-state index in [0.29, 0.717) is 24.4 Å². The summed E-state index contributed by atoms with van der Waals surface area (Å²) >= 11 is 0. The SMILES string of the molecule is CCc1c(-c2ccccc2)oc(-c2ccccc2)c(CC)c1=O. The molecule has 3 rings (SSSR count). The molecule has 0 N–H and O–H groups in total. The molecule has 0 radical (unpaired) electrons. The van der Waals surface area contributed by atoms with E-state index in [-0.39, 0.29) is 5.43 Å². The van der Waals surface area contributed by atoms with Crippen LogP contribution in [-0.4, -0.2) is 0 Å². The van der Waals surface area contributed by atoms with Gasteiger partial charge in [-0.1, -0.05) is 74.5 Å². The lowest BCUT2D eigenvalue weighted by Gasteiger charge is -2.13. The average Bonchev–Trinajstić information content (AvgIpc) is 2.62. The predicted octanol–water partition coefficient (Wildman–Crippen LogP) is 5.10. The van der Waals surface area contributed by atoms with Gasteiger partial charge in [-0.25, -0.2) is 0 Å². The fraction of sp³-hybridized carbons (Fsp3) is 0.190. The Hall–Kier alpha value is -2.61. The van der Waals surface area contributed by atoms with Gasteiger partial charge in [0.2, 0.25) is 0 Å². The molecule has 2 aromatic carbocycles. The zero-order chi connectivity index (χ0) is 16.2. The van der Waals surface area contributed by atoms with E-state index < -0.39 is 0 Å². The molecule has 0 saturated heterocycles. The van der Waals surface area contributed by atoms with Crippen molar-refractivity contribution in [3.63, 3.8) is 0 Å². The molecule has 116 valence electrons. The Kier molecular flexibility index (Phi) is 4.42. The molecule has 0 spiro atoms. The molecule has 2 nitrogen and oxygen atoms in total. The number of benzene rings is 2. The smallest absolute Gasteiger partial charge is 0.192 e. The molecular formula is C21H20O2. The van der Waals surface area contributed by atoms with Crippen LogP contribution in [0.25, 0.3) is 22.6 Å². The largest absolute Gasteiger partial charge is 0.455 e. The summed E-state index contributed by atoms with van der Waals surface area (Å²) in [6.45, 7) is 4.00. The van der Waals surface area contributed by atoms with Crippen LogP contribution in [-0.2, 0) is 12.8 Å². The van der Waals surface area contributed by atoms with E-state index in [9.17, 15) is 4.79 Å². The Balaban J connectivity index is 2.33. The number of hydrogen-bond donors (Lipinski definition) is 0. The third kappa shape index (κ3) is 2.85. The summed E-state index contributed by atoms with van der Waals surface area (Å²) in [5.74, 6) is 1.38. The van der Waals surface area contributed by atoms with Crippen molar-refractivity contribution >= 4 is 0 Å². The highest BCUT2D eigenvalue weighted by atomic mass is 16.3. The molecule has 1 heterocycles. The summed E-state index contributed by atoms with van der Waals surface area (Å²) in [4.78, 5) is 13.0. The van der Waals surface area contributed by atoms with Crippen molar-refractivity contribution in [2.45, 2.75) is 26.7 Å². The molecule has 0 unspecified atom stereocenters. The number of hydrogen-bond acceptors (Lipinski definition) is 2. The average molecular weight is 304 g/mol. The van der Waals surface area contributed by atoms with Gasteiger partial charge in [-0.15, -0.1) is 0 Å². The Morgan fingerprint density at radius 3 is 1.43 bits per heavy atom. The molecule has 0 aliphatic carbocycles. The minimum atomic E-state index is 0.110. The van der Waals surface area contributed by atoms with E-state index in [4.69, 9.17) is 4.42 Å². The van der Waals surface area contributed by atoms with Crippen LogP contribution in [0.3, 0.4) is 0 Å². The quantitative estimate of drug-likeness (QED) is 0.671. The fourth-order valence-electron chi connectivity index (χ4n) is 2.90. The van der Waals surface area contributed by atoms with E-state index in [1.54, 1.807) is 0 Å². The highest BCUT2D eigenvalue weighted by Gasteiger charge is 2.19. The Bertz CT molecular complexity index is 778. The first-order valence-electron chi connectivity index (χ1n) is 8.06. The molecule has 0 saturated carbocycles. The van der Waals surface area contributed by atoms with Crippen LogP contribution >= 0.6 is 0 Å². The van der Waals surface area contributed by atoms with Crippen LogP contribution in [0.4, 0.5) is 0 Å². The van der Waals surface area contributed by atoms with Crippen LogP contribution in [0.2, 0.25) is 0 Å². The maximum Gasteiger partial charge on any atom is 0.192 e. The van der Waals surface area contributed by atoms with E-state index in [0.717, 1.165) is 22.3 Å². The highest BCUT2D eigenvalue weighted by Crippen LogP contribution is 2.30. The zero-order valence-electron chi connectivity index (χ0n) is 13.5. The predicted molar refractivity (Wildman–Crippen MR) is 94.6 cm³/mol. The summed E-state index contributed by atoms with van der Waals surface area (Å²) in [5, 5.41) is 0. The standard InChI is InChI=1S/C21H20O2/c1-3-17-19(22)18(4-2)21(16-13-9-6-10-14-16)23-20(17)15-11-7-5-8-12-15/h5-14H,3-4H2,1-2H3. The van der Waals surface area contributed by atoms with Crippen molar-refractivity contribution in [3.05, 3.63) is 82.0 Å². The van der Waals surface area contributed by atoms with Crippen molar-refractivity contribution in [2.24, 2.45) is 0 Å². The lowest BCUT2D eigenvalue weighted by molar-refractivity contribution is 0.565. The molecule has 0 bridgehead atoms. The molecule has 0 fully saturated rings. The first kappa shape index (κ1) is 15.3. The topological polar surface area (TPSA) is 30.2 Å². The van der Waals surface area contributed by atoms with Crippen molar-refractivity contribution in [1.29, 1.82) is 0 Å². The first-order valence-corrected chi connectivity index (χ1v) is 8.06. The zero-order valence-corrected chi connectivity index (χ0v) is 13.5. The molecule has 0 aliphatic heterocycles. The third-order valence-corrected chi connectivity index (χ3v) is 4.08.